The lowest BCUT2D eigenvalue weighted by atomic mass is 9.80. The molecule has 1 aliphatic carbocycles. The van der Waals surface area contributed by atoms with Crippen molar-refractivity contribution < 1.29 is 24.3 Å². The van der Waals surface area contributed by atoms with Gasteiger partial charge >= 0.3 is 5.97 Å². The van der Waals surface area contributed by atoms with Crippen molar-refractivity contribution in [2.24, 2.45) is 5.92 Å². The Bertz CT molecular complexity index is 1600. The number of amides is 1. The van der Waals surface area contributed by atoms with Crippen LogP contribution in [0.3, 0.4) is 0 Å². The number of rotatable bonds is 11. The van der Waals surface area contributed by atoms with Crippen LogP contribution >= 0.6 is 0 Å². The van der Waals surface area contributed by atoms with E-state index < -0.39 is 28.8 Å². The number of aliphatic carboxylic acids is 1. The monoisotopic (exact) mass is 569 g/mol. The Morgan fingerprint density at radius 3 is 1.74 bits per heavy atom. The average Bonchev–Trinajstić information content (AvgIpc) is 3.84. The number of carbonyl (C=O) groups excluding carboxylic acids is 1. The average molecular weight is 570 g/mol. The molecule has 0 aromatic heterocycles. The molecule has 1 aliphatic rings. The minimum absolute atomic E-state index is 0.147. The molecule has 0 spiro atoms. The first-order chi connectivity index (χ1) is 21.0. The summed E-state index contributed by atoms with van der Waals surface area (Å²) in [6.45, 7) is 0.350. The third kappa shape index (κ3) is 5.41. The summed E-state index contributed by atoms with van der Waals surface area (Å²) in [5.74, 6) is -1.84. The van der Waals surface area contributed by atoms with Crippen molar-refractivity contribution in [2.45, 2.75) is 24.0 Å². The first-order valence-electron chi connectivity index (χ1n) is 14.2. The Morgan fingerprint density at radius 2 is 1.23 bits per heavy atom. The lowest BCUT2D eigenvalue weighted by Crippen LogP contribution is -2.42. The van der Waals surface area contributed by atoms with E-state index in [-0.39, 0.29) is 6.42 Å². The maximum Gasteiger partial charge on any atom is 0.314 e. The number of benzene rings is 5. The lowest BCUT2D eigenvalue weighted by molar-refractivity contribution is -0.149. The molecule has 0 aliphatic heterocycles. The van der Waals surface area contributed by atoms with Crippen LogP contribution in [0, 0.1) is 5.92 Å². The fraction of sp³-hybridized carbons (Fsp3) is 0.135. The molecule has 0 heterocycles. The highest BCUT2D eigenvalue weighted by atomic mass is 16.7. The Hall–Kier alpha value is -5.20. The molecule has 2 atom stereocenters. The van der Waals surface area contributed by atoms with Crippen LogP contribution in [0.1, 0.15) is 34.2 Å². The number of ether oxygens (including phenoxy) is 1. The first kappa shape index (κ1) is 27.9. The summed E-state index contributed by atoms with van der Waals surface area (Å²) < 4.78 is 5.95. The molecule has 1 unspecified atom stereocenters. The van der Waals surface area contributed by atoms with Crippen molar-refractivity contribution in [3.8, 4) is 5.75 Å². The fourth-order valence-corrected chi connectivity index (χ4v) is 5.76. The van der Waals surface area contributed by atoms with Gasteiger partial charge in [0.25, 0.3) is 0 Å². The second kappa shape index (κ2) is 12.0. The van der Waals surface area contributed by atoms with Gasteiger partial charge in [-0.25, -0.2) is 5.48 Å². The summed E-state index contributed by atoms with van der Waals surface area (Å²) in [4.78, 5) is 32.9. The van der Waals surface area contributed by atoms with Crippen LogP contribution in [0.5, 0.6) is 5.75 Å². The highest BCUT2D eigenvalue weighted by molar-refractivity contribution is 5.97. The largest absolute Gasteiger partial charge is 0.489 e. The maximum absolute atomic E-state index is 13.7. The standard InChI is InChI=1S/C37H31NO5/c39-34(33-25-36(33,35(40)41)31-22-13-23-32(24-31)42-26-27-14-5-1-6-15-27)38-43-37(28-16-7-2-8-17-28,29-18-9-3-10-19-29)30-20-11-4-12-21-30/h1-24,33H,25-26H2,(H,38,39)(H,40,41)/t33?,36-/m1/s1. The van der Waals surface area contributed by atoms with Gasteiger partial charge < -0.3 is 9.84 Å². The van der Waals surface area contributed by atoms with Gasteiger partial charge in [0.15, 0.2) is 5.60 Å². The van der Waals surface area contributed by atoms with Crippen molar-refractivity contribution in [3.63, 3.8) is 0 Å². The zero-order chi connectivity index (χ0) is 29.7. The van der Waals surface area contributed by atoms with Crippen LogP contribution in [0.15, 0.2) is 146 Å². The summed E-state index contributed by atoms with van der Waals surface area (Å²) in [7, 11) is 0. The van der Waals surface area contributed by atoms with E-state index in [4.69, 9.17) is 9.57 Å². The molecule has 0 saturated heterocycles. The van der Waals surface area contributed by atoms with Gasteiger partial charge in [-0.05, 0) is 46.4 Å². The second-order valence-electron chi connectivity index (χ2n) is 10.7. The van der Waals surface area contributed by atoms with Crippen molar-refractivity contribution >= 4 is 11.9 Å². The van der Waals surface area contributed by atoms with E-state index in [1.54, 1.807) is 24.3 Å². The molecule has 0 radical (unpaired) electrons. The Morgan fingerprint density at radius 1 is 0.721 bits per heavy atom. The number of hydrogen-bond acceptors (Lipinski definition) is 4. The predicted octanol–water partition coefficient (Wildman–Crippen LogP) is 6.65. The van der Waals surface area contributed by atoms with Crippen LogP contribution in [-0.4, -0.2) is 17.0 Å². The van der Waals surface area contributed by atoms with Gasteiger partial charge in [0.05, 0.1) is 5.92 Å². The quantitative estimate of drug-likeness (QED) is 0.138. The van der Waals surface area contributed by atoms with Crippen LogP contribution in [-0.2, 0) is 32.0 Å². The van der Waals surface area contributed by atoms with E-state index in [0.717, 1.165) is 22.3 Å². The molecule has 214 valence electrons. The SMILES string of the molecule is O=C(NOC(c1ccccc1)(c1ccccc1)c1ccccc1)C1C[C@@]1(C(=O)O)c1cccc(OCc2ccccc2)c1. The third-order valence-electron chi connectivity index (χ3n) is 8.10. The van der Waals surface area contributed by atoms with Crippen molar-refractivity contribution in [2.75, 3.05) is 0 Å². The number of carbonyl (C=O) groups is 2. The molecule has 6 rings (SSSR count). The molecular formula is C37H31NO5. The zero-order valence-electron chi connectivity index (χ0n) is 23.4. The lowest BCUT2D eigenvalue weighted by Gasteiger charge is -2.35. The van der Waals surface area contributed by atoms with E-state index in [9.17, 15) is 14.7 Å². The van der Waals surface area contributed by atoms with E-state index >= 15 is 0 Å². The van der Waals surface area contributed by atoms with Crippen molar-refractivity contribution in [3.05, 3.63) is 173 Å². The van der Waals surface area contributed by atoms with Gasteiger partial charge in [0.2, 0.25) is 5.91 Å². The van der Waals surface area contributed by atoms with E-state index in [1.165, 1.54) is 0 Å². The molecule has 5 aromatic carbocycles. The normalized spacial score (nSPS) is 17.5. The predicted molar refractivity (Wildman–Crippen MR) is 163 cm³/mol. The van der Waals surface area contributed by atoms with Gasteiger partial charge in [0, 0.05) is 0 Å². The highest BCUT2D eigenvalue weighted by Gasteiger charge is 2.65. The van der Waals surface area contributed by atoms with Crippen LogP contribution in [0.25, 0.3) is 0 Å². The Balaban J connectivity index is 1.28. The summed E-state index contributed by atoms with van der Waals surface area (Å²) in [6.07, 6.45) is 0.147. The minimum Gasteiger partial charge on any atom is -0.489 e. The van der Waals surface area contributed by atoms with E-state index in [2.05, 4.69) is 5.48 Å². The van der Waals surface area contributed by atoms with Crippen LogP contribution in [0.4, 0.5) is 0 Å². The van der Waals surface area contributed by atoms with Crippen molar-refractivity contribution in [1.82, 2.24) is 5.48 Å². The fourth-order valence-electron chi connectivity index (χ4n) is 5.76. The smallest absolute Gasteiger partial charge is 0.314 e. The summed E-state index contributed by atoms with van der Waals surface area (Å²) >= 11 is 0. The molecule has 6 heteroatoms. The van der Waals surface area contributed by atoms with E-state index in [0.29, 0.717) is 17.9 Å². The first-order valence-corrected chi connectivity index (χ1v) is 14.2. The molecule has 6 nitrogen and oxygen atoms in total. The van der Waals surface area contributed by atoms with E-state index in [1.807, 2.05) is 121 Å². The number of nitrogens with one attached hydrogen (secondary N) is 1. The zero-order valence-corrected chi connectivity index (χ0v) is 23.4. The van der Waals surface area contributed by atoms with Gasteiger partial charge in [-0.15, -0.1) is 0 Å². The molecule has 5 aromatic rings. The number of hydrogen-bond donors (Lipinski definition) is 2. The summed E-state index contributed by atoms with van der Waals surface area (Å²) in [5, 5.41) is 10.4. The highest BCUT2D eigenvalue weighted by Crippen LogP contribution is 2.55. The van der Waals surface area contributed by atoms with Crippen LogP contribution in [0.2, 0.25) is 0 Å². The van der Waals surface area contributed by atoms with Gasteiger partial charge in [-0.2, -0.15) is 0 Å². The molecule has 0 bridgehead atoms. The number of carboxylic acid groups (broad SMARTS) is 1. The third-order valence-corrected chi connectivity index (χ3v) is 8.10. The Labute approximate surface area is 250 Å². The van der Waals surface area contributed by atoms with Gasteiger partial charge in [0.1, 0.15) is 17.8 Å². The molecular weight excluding hydrogens is 538 g/mol. The van der Waals surface area contributed by atoms with Crippen LogP contribution < -0.4 is 10.2 Å². The molecule has 2 N–H and O–H groups in total. The molecule has 1 fully saturated rings. The molecule has 1 amide bonds. The van der Waals surface area contributed by atoms with Gasteiger partial charge in [-0.3, -0.25) is 14.4 Å². The topological polar surface area (TPSA) is 84.9 Å². The number of carboxylic acids is 1. The van der Waals surface area contributed by atoms with Gasteiger partial charge in [-0.1, -0.05) is 133 Å². The Kier molecular flexibility index (Phi) is 7.77. The minimum atomic E-state index is -1.38. The second-order valence-corrected chi connectivity index (χ2v) is 10.7. The summed E-state index contributed by atoms with van der Waals surface area (Å²) in [6, 6.07) is 45.7. The molecule has 1 saturated carbocycles. The summed E-state index contributed by atoms with van der Waals surface area (Å²) in [5.41, 5.74) is 4.10. The van der Waals surface area contributed by atoms with Crippen molar-refractivity contribution in [1.29, 1.82) is 0 Å². The number of hydroxylamine groups is 1. The molecule has 43 heavy (non-hydrogen) atoms. The maximum atomic E-state index is 13.7.